The summed E-state index contributed by atoms with van der Waals surface area (Å²) in [5, 5.41) is 0. The van der Waals surface area contributed by atoms with E-state index in [1.54, 1.807) is 4.90 Å². The molecule has 0 saturated carbocycles. The Balaban J connectivity index is 2.04. The lowest BCUT2D eigenvalue weighted by Gasteiger charge is -2.32. The zero-order valence-electron chi connectivity index (χ0n) is 9.70. The van der Waals surface area contributed by atoms with E-state index in [0.717, 1.165) is 5.69 Å². The van der Waals surface area contributed by atoms with Crippen LogP contribution < -0.4 is 4.90 Å². The van der Waals surface area contributed by atoms with Crippen molar-refractivity contribution in [3.05, 3.63) is 30.3 Å². The topological polar surface area (TPSA) is 54.5 Å². The van der Waals surface area contributed by atoms with Crippen molar-refractivity contribution in [2.24, 2.45) is 0 Å². The molecule has 2 saturated heterocycles. The molecule has 2 aliphatic rings. The lowest BCUT2D eigenvalue weighted by atomic mass is 10.1. The number of benzene rings is 1. The van der Waals surface area contributed by atoms with Crippen molar-refractivity contribution in [3.8, 4) is 0 Å². The quantitative estimate of drug-likeness (QED) is 0.779. The summed E-state index contributed by atoms with van der Waals surface area (Å²) in [6.45, 7) is 0. The highest BCUT2D eigenvalue weighted by molar-refractivity contribution is 8.03. The van der Waals surface area contributed by atoms with Crippen LogP contribution in [-0.4, -0.2) is 36.5 Å². The highest BCUT2D eigenvalue weighted by Crippen LogP contribution is 2.46. The van der Waals surface area contributed by atoms with Crippen molar-refractivity contribution in [1.82, 2.24) is 0 Å². The smallest absolute Gasteiger partial charge is 0.238 e. The second kappa shape index (κ2) is 3.99. The molecule has 2 aliphatic heterocycles. The minimum atomic E-state index is -3.02. The average Bonchev–Trinajstić information content (AvgIpc) is 2.81. The fraction of sp³-hybridized carbons (Fsp3) is 0.417. The third-order valence-electron chi connectivity index (χ3n) is 3.38. The zero-order valence-corrected chi connectivity index (χ0v) is 11.3. The molecule has 1 spiro atoms. The molecular formula is C12H13NO3S2. The van der Waals surface area contributed by atoms with Crippen LogP contribution in [0.2, 0.25) is 0 Å². The van der Waals surface area contributed by atoms with Crippen molar-refractivity contribution in [2.75, 3.05) is 22.2 Å². The maximum absolute atomic E-state index is 12.1. The van der Waals surface area contributed by atoms with Gasteiger partial charge < -0.3 is 0 Å². The van der Waals surface area contributed by atoms with Gasteiger partial charge in [0.2, 0.25) is 5.91 Å². The standard InChI is InChI=1S/C12H13NO3S2/c14-11-8-17-12(6-7-18(15,16)9-12)13(11)10-4-2-1-3-5-10/h1-5H,6-9H2. The predicted molar refractivity (Wildman–Crippen MR) is 72.4 cm³/mol. The van der Waals surface area contributed by atoms with Crippen LogP contribution in [-0.2, 0) is 14.6 Å². The highest BCUT2D eigenvalue weighted by Gasteiger charge is 2.53. The van der Waals surface area contributed by atoms with Crippen LogP contribution in [0, 0.1) is 0 Å². The van der Waals surface area contributed by atoms with E-state index in [1.807, 2.05) is 30.3 Å². The SMILES string of the molecule is O=C1CSC2(CCS(=O)(=O)C2)N1c1ccccc1. The van der Waals surface area contributed by atoms with E-state index in [-0.39, 0.29) is 17.4 Å². The summed E-state index contributed by atoms with van der Waals surface area (Å²) >= 11 is 1.46. The molecule has 1 unspecified atom stereocenters. The number of thioether (sulfide) groups is 1. The van der Waals surface area contributed by atoms with Crippen LogP contribution in [0.15, 0.2) is 30.3 Å². The van der Waals surface area contributed by atoms with Crippen LogP contribution in [0.3, 0.4) is 0 Å². The number of hydrogen-bond acceptors (Lipinski definition) is 4. The minimum Gasteiger partial charge on any atom is -0.295 e. The van der Waals surface area contributed by atoms with Crippen molar-refractivity contribution in [2.45, 2.75) is 11.3 Å². The zero-order chi connectivity index (χ0) is 12.8. The molecule has 6 heteroatoms. The summed E-state index contributed by atoms with van der Waals surface area (Å²) in [6, 6.07) is 9.33. The fourth-order valence-corrected chi connectivity index (χ4v) is 6.46. The Hall–Kier alpha value is -1.01. The Morgan fingerprint density at radius 1 is 1.22 bits per heavy atom. The number of rotatable bonds is 1. The van der Waals surface area contributed by atoms with Crippen LogP contribution in [0.4, 0.5) is 5.69 Å². The van der Waals surface area contributed by atoms with E-state index in [9.17, 15) is 13.2 Å². The first-order valence-corrected chi connectivity index (χ1v) is 8.56. The van der Waals surface area contributed by atoms with Crippen LogP contribution >= 0.6 is 11.8 Å². The average molecular weight is 283 g/mol. The molecule has 0 aliphatic carbocycles. The van der Waals surface area contributed by atoms with Gasteiger partial charge in [-0.05, 0) is 18.6 Å². The maximum Gasteiger partial charge on any atom is 0.238 e. The van der Waals surface area contributed by atoms with Gasteiger partial charge in [-0.15, -0.1) is 11.8 Å². The number of hydrogen-bond donors (Lipinski definition) is 0. The predicted octanol–water partition coefficient (Wildman–Crippen LogP) is 1.28. The van der Waals surface area contributed by atoms with E-state index < -0.39 is 14.7 Å². The van der Waals surface area contributed by atoms with E-state index in [1.165, 1.54) is 11.8 Å². The lowest BCUT2D eigenvalue weighted by molar-refractivity contribution is -0.116. The van der Waals surface area contributed by atoms with Crippen molar-refractivity contribution in [3.63, 3.8) is 0 Å². The molecule has 0 aromatic heterocycles. The number of sulfone groups is 1. The number of carbonyl (C=O) groups excluding carboxylic acids is 1. The second-order valence-corrected chi connectivity index (χ2v) is 8.16. The van der Waals surface area contributed by atoms with E-state index in [2.05, 4.69) is 0 Å². The first-order chi connectivity index (χ1) is 8.53. The first-order valence-electron chi connectivity index (χ1n) is 5.75. The van der Waals surface area contributed by atoms with Crippen LogP contribution in [0.5, 0.6) is 0 Å². The third-order valence-corrected chi connectivity index (χ3v) is 6.77. The molecule has 3 rings (SSSR count). The molecule has 1 atom stereocenters. The van der Waals surface area contributed by atoms with Gasteiger partial charge in [0, 0.05) is 5.69 Å². The van der Waals surface area contributed by atoms with Gasteiger partial charge in [0.05, 0.1) is 17.3 Å². The number of carbonyl (C=O) groups is 1. The van der Waals surface area contributed by atoms with Crippen LogP contribution in [0.25, 0.3) is 0 Å². The maximum atomic E-state index is 12.1. The first kappa shape index (κ1) is 12.0. The van der Waals surface area contributed by atoms with Gasteiger partial charge in [0.25, 0.3) is 0 Å². The summed E-state index contributed by atoms with van der Waals surface area (Å²) < 4.78 is 23.4. The van der Waals surface area contributed by atoms with Gasteiger partial charge in [-0.25, -0.2) is 8.42 Å². The van der Waals surface area contributed by atoms with Crippen LogP contribution in [0.1, 0.15) is 6.42 Å². The van der Waals surface area contributed by atoms with E-state index in [4.69, 9.17) is 0 Å². The summed E-state index contributed by atoms with van der Waals surface area (Å²) in [6.07, 6.45) is 0.528. The summed E-state index contributed by atoms with van der Waals surface area (Å²) in [4.78, 5) is 13.2. The molecule has 1 amide bonds. The Morgan fingerprint density at radius 3 is 2.56 bits per heavy atom. The molecule has 1 aromatic rings. The van der Waals surface area contributed by atoms with Gasteiger partial charge in [0.1, 0.15) is 4.87 Å². The summed E-state index contributed by atoms with van der Waals surface area (Å²) in [5.41, 5.74) is 0.796. The number of amides is 1. The molecule has 96 valence electrons. The highest BCUT2D eigenvalue weighted by atomic mass is 32.2. The van der Waals surface area contributed by atoms with Gasteiger partial charge >= 0.3 is 0 Å². The minimum absolute atomic E-state index is 0.00306. The van der Waals surface area contributed by atoms with Crippen molar-refractivity contribution >= 4 is 33.2 Å². The Labute approximate surface area is 110 Å². The molecular weight excluding hydrogens is 270 g/mol. The Kier molecular flexibility index (Phi) is 2.67. The largest absolute Gasteiger partial charge is 0.295 e. The number of nitrogens with zero attached hydrogens (tertiary/aromatic N) is 1. The van der Waals surface area contributed by atoms with E-state index >= 15 is 0 Å². The fourth-order valence-electron chi connectivity index (χ4n) is 2.60. The Bertz CT molecular complexity index is 585. The van der Waals surface area contributed by atoms with Gasteiger partial charge in [-0.1, -0.05) is 18.2 Å². The number of para-hydroxylation sites is 1. The van der Waals surface area contributed by atoms with Crippen molar-refractivity contribution < 1.29 is 13.2 Å². The summed E-state index contributed by atoms with van der Waals surface area (Å²) in [5.74, 6) is 0.620. The normalized spacial score (nSPS) is 30.2. The number of anilines is 1. The molecule has 18 heavy (non-hydrogen) atoms. The van der Waals surface area contributed by atoms with Gasteiger partial charge in [0.15, 0.2) is 9.84 Å². The lowest BCUT2D eigenvalue weighted by Crippen LogP contribution is -2.45. The Morgan fingerprint density at radius 2 is 1.94 bits per heavy atom. The third kappa shape index (κ3) is 1.83. The second-order valence-electron chi connectivity index (χ2n) is 4.64. The molecule has 0 bridgehead atoms. The molecule has 0 N–H and O–H groups in total. The molecule has 4 nitrogen and oxygen atoms in total. The van der Waals surface area contributed by atoms with Gasteiger partial charge in [-0.3, -0.25) is 9.69 Å². The summed E-state index contributed by atoms with van der Waals surface area (Å²) in [7, 11) is -3.02. The molecule has 2 heterocycles. The monoisotopic (exact) mass is 283 g/mol. The molecule has 1 aromatic carbocycles. The van der Waals surface area contributed by atoms with Crippen molar-refractivity contribution in [1.29, 1.82) is 0 Å². The molecule has 0 radical (unpaired) electrons. The molecule has 2 fully saturated rings. The van der Waals surface area contributed by atoms with E-state index in [0.29, 0.717) is 12.2 Å². The van der Waals surface area contributed by atoms with Gasteiger partial charge in [-0.2, -0.15) is 0 Å².